The minimum Gasteiger partial charge on any atom is -0.324 e. The fourth-order valence-electron chi connectivity index (χ4n) is 3.23. The molecular weight excluding hydrogens is 426 g/mol. The van der Waals surface area contributed by atoms with E-state index in [0.717, 1.165) is 11.3 Å². The van der Waals surface area contributed by atoms with Gasteiger partial charge in [-0.25, -0.2) is 8.42 Å². The molecule has 0 aliphatic heterocycles. The van der Waals surface area contributed by atoms with Crippen LogP contribution >= 0.6 is 0 Å². The number of hydrogen-bond acceptors (Lipinski definition) is 5. The summed E-state index contributed by atoms with van der Waals surface area (Å²) in [6.07, 6.45) is 4.96. The van der Waals surface area contributed by atoms with E-state index in [1.54, 1.807) is 59.7 Å². The van der Waals surface area contributed by atoms with Crippen molar-refractivity contribution in [3.63, 3.8) is 0 Å². The number of hydrogen-bond donors (Lipinski definition) is 1. The van der Waals surface area contributed by atoms with Gasteiger partial charge in [-0.05, 0) is 48.5 Å². The van der Waals surface area contributed by atoms with Gasteiger partial charge in [0.2, 0.25) is 5.91 Å². The molecule has 0 saturated heterocycles. The summed E-state index contributed by atoms with van der Waals surface area (Å²) in [5.74, 6) is -0.324. The molecule has 0 fully saturated rings. The molecule has 1 amide bonds. The smallest absolute Gasteiger partial charge is 0.264 e. The van der Waals surface area contributed by atoms with Crippen LogP contribution in [0.4, 0.5) is 11.4 Å². The van der Waals surface area contributed by atoms with Crippen LogP contribution in [0.3, 0.4) is 0 Å². The van der Waals surface area contributed by atoms with E-state index in [0.29, 0.717) is 11.4 Å². The first-order valence-corrected chi connectivity index (χ1v) is 11.3. The van der Waals surface area contributed by atoms with Crippen molar-refractivity contribution in [2.75, 3.05) is 16.7 Å². The van der Waals surface area contributed by atoms with Gasteiger partial charge in [0.1, 0.15) is 6.54 Å². The van der Waals surface area contributed by atoms with E-state index in [1.807, 2.05) is 24.3 Å². The van der Waals surface area contributed by atoms with Gasteiger partial charge in [-0.2, -0.15) is 5.10 Å². The molecule has 0 bridgehead atoms. The molecule has 0 saturated carbocycles. The van der Waals surface area contributed by atoms with Crippen LogP contribution in [0.15, 0.2) is 96.3 Å². The normalized spacial score (nSPS) is 11.2. The summed E-state index contributed by atoms with van der Waals surface area (Å²) < 4.78 is 28.8. The second-order valence-electron chi connectivity index (χ2n) is 6.99. The molecule has 2 heterocycles. The van der Waals surface area contributed by atoms with E-state index < -0.39 is 10.0 Å². The number of carbonyl (C=O) groups is 1. The number of nitrogens with zero attached hydrogens (tertiary/aromatic N) is 4. The lowest BCUT2D eigenvalue weighted by Crippen LogP contribution is -2.26. The third-order valence-electron chi connectivity index (χ3n) is 4.88. The molecular formula is C23H21N5O3S. The molecule has 9 heteroatoms. The SMILES string of the molecule is CN(c1ccccc1)S(=O)(=O)c1cccc(NC(=O)Cn2nccc2-c2ccncc2)c1. The van der Waals surface area contributed by atoms with E-state index in [4.69, 9.17) is 0 Å². The molecule has 0 aliphatic rings. The van der Waals surface area contributed by atoms with Crippen LogP contribution in [0.5, 0.6) is 0 Å². The molecule has 32 heavy (non-hydrogen) atoms. The fourth-order valence-corrected chi connectivity index (χ4v) is 4.47. The summed E-state index contributed by atoms with van der Waals surface area (Å²) in [6.45, 7) is -0.0223. The summed E-state index contributed by atoms with van der Waals surface area (Å²) in [5, 5.41) is 6.98. The monoisotopic (exact) mass is 447 g/mol. The van der Waals surface area contributed by atoms with E-state index >= 15 is 0 Å². The average Bonchev–Trinajstić information content (AvgIpc) is 3.27. The van der Waals surface area contributed by atoms with E-state index in [2.05, 4.69) is 15.4 Å². The topological polar surface area (TPSA) is 97.2 Å². The summed E-state index contributed by atoms with van der Waals surface area (Å²) in [6, 6.07) is 20.5. The van der Waals surface area contributed by atoms with E-state index in [-0.39, 0.29) is 17.3 Å². The Morgan fingerprint density at radius 1 is 0.969 bits per heavy atom. The number of sulfonamides is 1. The number of aromatic nitrogens is 3. The number of rotatable bonds is 7. The van der Waals surface area contributed by atoms with Gasteiger partial charge in [0.05, 0.1) is 16.3 Å². The van der Waals surface area contributed by atoms with Gasteiger partial charge < -0.3 is 5.32 Å². The predicted molar refractivity (Wildman–Crippen MR) is 123 cm³/mol. The zero-order valence-electron chi connectivity index (χ0n) is 17.3. The van der Waals surface area contributed by atoms with Crippen molar-refractivity contribution in [3.8, 4) is 11.3 Å². The van der Waals surface area contributed by atoms with Gasteiger partial charge in [-0.1, -0.05) is 24.3 Å². The largest absolute Gasteiger partial charge is 0.324 e. The maximum Gasteiger partial charge on any atom is 0.264 e. The van der Waals surface area contributed by atoms with Crippen molar-refractivity contribution in [1.29, 1.82) is 0 Å². The molecule has 4 rings (SSSR count). The first-order chi connectivity index (χ1) is 15.4. The molecule has 0 atom stereocenters. The lowest BCUT2D eigenvalue weighted by atomic mass is 10.2. The molecule has 0 radical (unpaired) electrons. The van der Waals surface area contributed by atoms with Crippen molar-refractivity contribution < 1.29 is 13.2 Å². The van der Waals surface area contributed by atoms with Gasteiger partial charge in [0.15, 0.2) is 0 Å². The number of anilines is 2. The quantitative estimate of drug-likeness (QED) is 0.468. The molecule has 0 aliphatic carbocycles. The van der Waals surface area contributed by atoms with Crippen LogP contribution in [-0.2, 0) is 21.4 Å². The van der Waals surface area contributed by atoms with Gasteiger partial charge in [-0.3, -0.25) is 18.8 Å². The zero-order chi connectivity index (χ0) is 22.6. The highest BCUT2D eigenvalue weighted by Gasteiger charge is 2.21. The second-order valence-corrected chi connectivity index (χ2v) is 8.96. The highest BCUT2D eigenvalue weighted by molar-refractivity contribution is 7.92. The lowest BCUT2D eigenvalue weighted by molar-refractivity contribution is -0.116. The van der Waals surface area contributed by atoms with Gasteiger partial charge in [0.25, 0.3) is 10.0 Å². The highest BCUT2D eigenvalue weighted by atomic mass is 32.2. The Morgan fingerprint density at radius 2 is 1.72 bits per heavy atom. The number of amides is 1. The minimum atomic E-state index is -3.78. The average molecular weight is 448 g/mol. The minimum absolute atomic E-state index is 0.0223. The van der Waals surface area contributed by atoms with E-state index in [9.17, 15) is 13.2 Å². The third-order valence-corrected chi connectivity index (χ3v) is 6.66. The Labute approximate surface area is 186 Å². The van der Waals surface area contributed by atoms with Crippen molar-refractivity contribution >= 4 is 27.3 Å². The van der Waals surface area contributed by atoms with Crippen molar-refractivity contribution in [3.05, 3.63) is 91.4 Å². The molecule has 2 aromatic carbocycles. The molecule has 8 nitrogen and oxygen atoms in total. The first-order valence-electron chi connectivity index (χ1n) is 9.81. The van der Waals surface area contributed by atoms with Crippen LogP contribution in [0, 0.1) is 0 Å². The number of carbonyl (C=O) groups excluding carboxylic acids is 1. The number of benzene rings is 2. The van der Waals surface area contributed by atoms with Crippen LogP contribution in [-0.4, -0.2) is 36.1 Å². The Balaban J connectivity index is 1.50. The summed E-state index contributed by atoms with van der Waals surface area (Å²) in [4.78, 5) is 16.7. The van der Waals surface area contributed by atoms with Gasteiger partial charge >= 0.3 is 0 Å². The second kappa shape index (κ2) is 9.03. The first kappa shape index (κ1) is 21.3. The Morgan fingerprint density at radius 3 is 2.47 bits per heavy atom. The molecule has 2 aromatic heterocycles. The molecule has 1 N–H and O–H groups in total. The van der Waals surface area contributed by atoms with Gasteiger partial charge in [-0.15, -0.1) is 0 Å². The number of para-hydroxylation sites is 1. The summed E-state index contributed by atoms with van der Waals surface area (Å²) in [7, 11) is -2.29. The fraction of sp³-hybridized carbons (Fsp3) is 0.0870. The molecule has 4 aromatic rings. The predicted octanol–water partition coefficient (Wildman–Crippen LogP) is 3.41. The van der Waals surface area contributed by atoms with Crippen molar-refractivity contribution in [2.24, 2.45) is 0 Å². The molecule has 0 spiro atoms. The maximum absolute atomic E-state index is 13.0. The summed E-state index contributed by atoms with van der Waals surface area (Å²) in [5.41, 5.74) is 2.60. The standard InChI is InChI=1S/C23H21N5O3S/c1-27(20-7-3-2-4-8-20)32(30,31)21-9-5-6-19(16-21)26-23(29)17-28-22(12-15-25-28)18-10-13-24-14-11-18/h2-16H,17H2,1H3,(H,26,29). The molecule has 0 unspecified atom stereocenters. The van der Waals surface area contributed by atoms with Crippen LogP contribution in [0.2, 0.25) is 0 Å². The lowest BCUT2D eigenvalue weighted by Gasteiger charge is -2.20. The Kier molecular flexibility index (Phi) is 6.00. The maximum atomic E-state index is 13.0. The van der Waals surface area contributed by atoms with Gasteiger partial charge in [0, 0.05) is 36.9 Å². The van der Waals surface area contributed by atoms with Crippen LogP contribution in [0.1, 0.15) is 0 Å². The Hall–Kier alpha value is -3.98. The Bertz CT molecular complexity index is 1320. The van der Waals surface area contributed by atoms with Crippen LogP contribution in [0.25, 0.3) is 11.3 Å². The van der Waals surface area contributed by atoms with Crippen LogP contribution < -0.4 is 9.62 Å². The highest BCUT2D eigenvalue weighted by Crippen LogP contribution is 2.24. The third kappa shape index (κ3) is 4.52. The molecule has 162 valence electrons. The number of pyridine rings is 1. The van der Waals surface area contributed by atoms with E-state index in [1.165, 1.54) is 23.5 Å². The zero-order valence-corrected chi connectivity index (χ0v) is 18.1. The van der Waals surface area contributed by atoms with Crippen molar-refractivity contribution in [1.82, 2.24) is 14.8 Å². The van der Waals surface area contributed by atoms with Crippen molar-refractivity contribution in [2.45, 2.75) is 11.4 Å². The number of nitrogens with one attached hydrogen (secondary N) is 1. The summed E-state index contributed by atoms with van der Waals surface area (Å²) >= 11 is 0.